The molecule has 1 aromatic heterocycles. The number of anilines is 2. The molecule has 0 spiro atoms. The maximum absolute atomic E-state index is 7.84. The molecule has 2 heterocycles. The molecule has 0 bridgehead atoms. The highest BCUT2D eigenvalue weighted by Gasteiger charge is 2.30. The van der Waals surface area contributed by atoms with Crippen molar-refractivity contribution in [2.45, 2.75) is 26.3 Å². The molecule has 4 heteroatoms. The highest BCUT2D eigenvalue weighted by molar-refractivity contribution is 6.02. The summed E-state index contributed by atoms with van der Waals surface area (Å²) < 4.78 is 0. The summed E-state index contributed by atoms with van der Waals surface area (Å²) in [4.78, 5) is 6.69. The fraction of sp³-hybridized carbons (Fsp3) is 0.250. The van der Waals surface area contributed by atoms with Gasteiger partial charge in [-0.3, -0.25) is 5.41 Å². The standard InChI is InChI=1S/C16H18N4/c1-10-7-8-19-16(14(10)15(17)18)20-11(2)9-12-5-3-4-6-13(12)20/h3-8,11H,9H2,1-2H3,(H3,17,18). The van der Waals surface area contributed by atoms with Crippen molar-refractivity contribution in [1.82, 2.24) is 4.98 Å². The lowest BCUT2D eigenvalue weighted by molar-refractivity contribution is 0.749. The van der Waals surface area contributed by atoms with Gasteiger partial charge in [0.05, 0.1) is 5.56 Å². The number of hydrogen-bond donors (Lipinski definition) is 2. The Labute approximate surface area is 118 Å². The topological polar surface area (TPSA) is 66.0 Å². The van der Waals surface area contributed by atoms with E-state index in [1.54, 1.807) is 6.20 Å². The largest absolute Gasteiger partial charge is 0.384 e. The number of hydrogen-bond acceptors (Lipinski definition) is 3. The molecule has 0 aliphatic carbocycles. The first-order chi connectivity index (χ1) is 9.59. The number of aryl methyl sites for hydroxylation is 1. The predicted molar refractivity (Wildman–Crippen MR) is 81.7 cm³/mol. The van der Waals surface area contributed by atoms with Gasteiger partial charge in [0.15, 0.2) is 0 Å². The van der Waals surface area contributed by atoms with Crippen molar-refractivity contribution in [3.8, 4) is 0 Å². The highest BCUT2D eigenvalue weighted by Crippen LogP contribution is 2.38. The van der Waals surface area contributed by atoms with Crippen molar-refractivity contribution in [2.75, 3.05) is 4.90 Å². The minimum absolute atomic E-state index is 0.0715. The molecule has 3 N–H and O–H groups in total. The second-order valence-corrected chi connectivity index (χ2v) is 5.29. The summed E-state index contributed by atoms with van der Waals surface area (Å²) in [5, 5.41) is 7.84. The number of aromatic nitrogens is 1. The van der Waals surface area contributed by atoms with Gasteiger partial charge in [-0.1, -0.05) is 18.2 Å². The summed E-state index contributed by atoms with van der Waals surface area (Å²) in [5.74, 6) is 0.858. The quantitative estimate of drug-likeness (QED) is 0.649. The van der Waals surface area contributed by atoms with E-state index >= 15 is 0 Å². The minimum atomic E-state index is 0.0715. The van der Waals surface area contributed by atoms with Crippen LogP contribution in [0.15, 0.2) is 36.5 Å². The van der Waals surface area contributed by atoms with Crippen LogP contribution in [0.3, 0.4) is 0 Å². The Morgan fingerprint density at radius 3 is 2.85 bits per heavy atom. The first-order valence-corrected chi connectivity index (χ1v) is 6.76. The van der Waals surface area contributed by atoms with E-state index in [0.717, 1.165) is 23.4 Å². The molecule has 1 aliphatic rings. The van der Waals surface area contributed by atoms with Crippen LogP contribution in [0.1, 0.15) is 23.6 Å². The van der Waals surface area contributed by atoms with E-state index in [2.05, 4.69) is 35.0 Å². The normalized spacial score (nSPS) is 17.1. The summed E-state index contributed by atoms with van der Waals surface area (Å²) >= 11 is 0. The number of nitrogen functional groups attached to an aromatic ring is 1. The monoisotopic (exact) mass is 266 g/mol. The number of fused-ring (bicyclic) bond motifs is 1. The summed E-state index contributed by atoms with van der Waals surface area (Å²) in [6.07, 6.45) is 2.77. The molecule has 0 fully saturated rings. The van der Waals surface area contributed by atoms with Crippen molar-refractivity contribution >= 4 is 17.3 Å². The number of nitrogens with two attached hydrogens (primary N) is 1. The molecule has 0 saturated heterocycles. The van der Waals surface area contributed by atoms with Gasteiger partial charge in [0, 0.05) is 17.9 Å². The molecule has 1 aliphatic heterocycles. The second kappa shape index (κ2) is 4.63. The van der Waals surface area contributed by atoms with Crippen LogP contribution in [0.4, 0.5) is 11.5 Å². The van der Waals surface area contributed by atoms with Crippen molar-refractivity contribution in [3.63, 3.8) is 0 Å². The maximum Gasteiger partial charge on any atom is 0.144 e. The lowest BCUT2D eigenvalue weighted by atomic mass is 10.1. The molecule has 0 amide bonds. The molecule has 1 atom stereocenters. The SMILES string of the molecule is Cc1ccnc(N2c3ccccc3CC2C)c1C(=N)N. The molecular formula is C16H18N4. The lowest BCUT2D eigenvalue weighted by Crippen LogP contribution is -2.28. The van der Waals surface area contributed by atoms with E-state index in [1.807, 2.05) is 19.1 Å². The number of amidine groups is 1. The van der Waals surface area contributed by atoms with Gasteiger partial charge in [-0.25, -0.2) is 4.98 Å². The Morgan fingerprint density at radius 1 is 1.35 bits per heavy atom. The zero-order valence-corrected chi connectivity index (χ0v) is 11.7. The number of nitrogens with one attached hydrogen (secondary N) is 1. The third-order valence-corrected chi connectivity index (χ3v) is 3.84. The van der Waals surface area contributed by atoms with Crippen LogP contribution >= 0.6 is 0 Å². The molecule has 1 unspecified atom stereocenters. The lowest BCUT2D eigenvalue weighted by Gasteiger charge is -2.26. The smallest absolute Gasteiger partial charge is 0.144 e. The first kappa shape index (κ1) is 12.7. The third kappa shape index (κ3) is 1.84. The van der Waals surface area contributed by atoms with Gasteiger partial charge < -0.3 is 10.6 Å². The van der Waals surface area contributed by atoms with E-state index in [0.29, 0.717) is 6.04 Å². The van der Waals surface area contributed by atoms with Crippen LogP contribution in [0.25, 0.3) is 0 Å². The highest BCUT2D eigenvalue weighted by atomic mass is 15.2. The molecule has 2 aromatic rings. The molecule has 0 radical (unpaired) electrons. The van der Waals surface area contributed by atoms with E-state index in [4.69, 9.17) is 11.1 Å². The molecule has 20 heavy (non-hydrogen) atoms. The van der Waals surface area contributed by atoms with Crippen molar-refractivity contribution in [3.05, 3.63) is 53.2 Å². The van der Waals surface area contributed by atoms with Gasteiger partial charge in [-0.05, 0) is 43.5 Å². The Morgan fingerprint density at radius 2 is 2.10 bits per heavy atom. The zero-order valence-electron chi connectivity index (χ0n) is 11.7. The summed E-state index contributed by atoms with van der Waals surface area (Å²) in [6.45, 7) is 4.14. The third-order valence-electron chi connectivity index (χ3n) is 3.84. The van der Waals surface area contributed by atoms with Gasteiger partial charge in [0.2, 0.25) is 0 Å². The van der Waals surface area contributed by atoms with Gasteiger partial charge >= 0.3 is 0 Å². The van der Waals surface area contributed by atoms with E-state index < -0.39 is 0 Å². The van der Waals surface area contributed by atoms with Crippen LogP contribution in [0.2, 0.25) is 0 Å². The number of rotatable bonds is 2. The van der Waals surface area contributed by atoms with E-state index in [9.17, 15) is 0 Å². The number of benzene rings is 1. The first-order valence-electron chi connectivity index (χ1n) is 6.76. The Bertz CT molecular complexity index is 678. The van der Waals surface area contributed by atoms with E-state index in [1.165, 1.54) is 11.3 Å². The summed E-state index contributed by atoms with van der Waals surface area (Å²) in [6, 6.07) is 10.6. The second-order valence-electron chi connectivity index (χ2n) is 5.29. The predicted octanol–water partition coefficient (Wildman–Crippen LogP) is 2.76. The van der Waals surface area contributed by atoms with Crippen LogP contribution < -0.4 is 10.6 Å². The Hall–Kier alpha value is -2.36. The zero-order chi connectivity index (χ0) is 14.3. The van der Waals surface area contributed by atoms with Gasteiger partial charge in [0.1, 0.15) is 11.7 Å². The minimum Gasteiger partial charge on any atom is -0.384 e. The molecule has 1 aromatic carbocycles. The van der Waals surface area contributed by atoms with E-state index in [-0.39, 0.29) is 5.84 Å². The number of nitrogens with zero attached hydrogens (tertiary/aromatic N) is 2. The fourth-order valence-electron chi connectivity index (χ4n) is 2.95. The Balaban J connectivity index is 2.20. The molecule has 4 nitrogen and oxygen atoms in total. The maximum atomic E-state index is 7.84. The number of pyridine rings is 1. The van der Waals surface area contributed by atoms with Crippen LogP contribution in [-0.4, -0.2) is 16.9 Å². The van der Waals surface area contributed by atoms with Gasteiger partial charge in [0.25, 0.3) is 0 Å². The van der Waals surface area contributed by atoms with Gasteiger partial charge in [-0.15, -0.1) is 0 Å². The molecule has 0 saturated carbocycles. The number of para-hydroxylation sites is 1. The van der Waals surface area contributed by atoms with Crippen LogP contribution in [-0.2, 0) is 6.42 Å². The van der Waals surface area contributed by atoms with Crippen molar-refractivity contribution in [1.29, 1.82) is 5.41 Å². The van der Waals surface area contributed by atoms with Crippen molar-refractivity contribution in [2.24, 2.45) is 5.73 Å². The summed E-state index contributed by atoms with van der Waals surface area (Å²) in [5.41, 5.74) is 9.97. The molecule has 3 rings (SSSR count). The fourth-order valence-corrected chi connectivity index (χ4v) is 2.95. The van der Waals surface area contributed by atoms with Gasteiger partial charge in [-0.2, -0.15) is 0 Å². The average Bonchev–Trinajstić information content (AvgIpc) is 2.73. The molecule has 102 valence electrons. The van der Waals surface area contributed by atoms with Crippen LogP contribution in [0, 0.1) is 12.3 Å². The molecular weight excluding hydrogens is 248 g/mol. The van der Waals surface area contributed by atoms with Crippen molar-refractivity contribution < 1.29 is 0 Å². The average molecular weight is 266 g/mol. The Kier molecular flexibility index (Phi) is 2.93. The van der Waals surface area contributed by atoms with Crippen LogP contribution in [0.5, 0.6) is 0 Å². The summed E-state index contributed by atoms with van der Waals surface area (Å²) in [7, 11) is 0.